The average molecular weight is 153 g/mol. The molecule has 0 saturated heterocycles. The normalized spacial score (nSPS) is 10.9. The van der Waals surface area contributed by atoms with Crippen molar-refractivity contribution in [3.05, 3.63) is 12.2 Å². The first-order valence-corrected chi connectivity index (χ1v) is 4.10. The highest BCUT2D eigenvalue weighted by atomic mass is 15.3. The first-order chi connectivity index (χ1) is 5.24. The van der Waals surface area contributed by atoms with Crippen molar-refractivity contribution in [1.82, 2.24) is 14.8 Å². The quantitative estimate of drug-likeness (QED) is 0.658. The lowest BCUT2D eigenvalue weighted by molar-refractivity contribution is 0.508. The first kappa shape index (κ1) is 8.24. The number of hydrogen-bond donors (Lipinski definition) is 0. The van der Waals surface area contributed by atoms with Gasteiger partial charge < -0.3 is 4.57 Å². The van der Waals surface area contributed by atoms with Crippen LogP contribution < -0.4 is 0 Å². The maximum absolute atomic E-state index is 4.00. The Morgan fingerprint density at radius 3 is 2.82 bits per heavy atom. The summed E-state index contributed by atoms with van der Waals surface area (Å²) in [5.74, 6) is 1.75. The van der Waals surface area contributed by atoms with Crippen molar-refractivity contribution in [3.8, 4) is 0 Å². The molecule has 3 nitrogen and oxygen atoms in total. The van der Waals surface area contributed by atoms with Gasteiger partial charge in [-0.15, -0.1) is 10.2 Å². The summed E-state index contributed by atoms with van der Waals surface area (Å²) in [4.78, 5) is 0. The third kappa shape index (κ3) is 2.03. The number of aromatic nitrogens is 3. The van der Waals surface area contributed by atoms with Crippen LogP contribution in [0.2, 0.25) is 0 Å². The molecule has 0 bridgehead atoms. The smallest absolute Gasteiger partial charge is 0.132 e. The average Bonchev–Trinajstić information content (AvgIpc) is 2.34. The van der Waals surface area contributed by atoms with E-state index in [0.717, 1.165) is 18.8 Å². The summed E-state index contributed by atoms with van der Waals surface area (Å²) in [6.07, 6.45) is 2.77. The molecule has 3 heteroatoms. The lowest BCUT2D eigenvalue weighted by Crippen LogP contribution is -2.06. The van der Waals surface area contributed by atoms with Crippen LogP contribution >= 0.6 is 0 Å². The number of aryl methyl sites for hydroxylation is 1. The molecule has 0 N–H and O–H groups in total. The summed E-state index contributed by atoms with van der Waals surface area (Å²) in [5, 5.41) is 7.86. The van der Waals surface area contributed by atoms with Gasteiger partial charge in [0.2, 0.25) is 0 Å². The summed E-state index contributed by atoms with van der Waals surface area (Å²) in [5.41, 5.74) is 0. The molecule has 0 atom stereocenters. The summed E-state index contributed by atoms with van der Waals surface area (Å²) < 4.78 is 2.12. The van der Waals surface area contributed by atoms with Crippen molar-refractivity contribution in [1.29, 1.82) is 0 Å². The molecule has 0 aliphatic carbocycles. The summed E-state index contributed by atoms with van der Waals surface area (Å²) in [6, 6.07) is 0. The van der Waals surface area contributed by atoms with Gasteiger partial charge in [0, 0.05) is 13.0 Å². The van der Waals surface area contributed by atoms with Crippen molar-refractivity contribution in [2.75, 3.05) is 0 Å². The fraction of sp³-hybridized carbons (Fsp3) is 0.750. The number of nitrogens with zero attached hydrogens (tertiary/aromatic N) is 3. The van der Waals surface area contributed by atoms with Gasteiger partial charge in [-0.25, -0.2) is 0 Å². The third-order valence-corrected chi connectivity index (χ3v) is 1.57. The van der Waals surface area contributed by atoms with E-state index in [4.69, 9.17) is 0 Å². The Labute approximate surface area is 67.4 Å². The van der Waals surface area contributed by atoms with Gasteiger partial charge in [0.25, 0.3) is 0 Å². The molecule has 0 aliphatic rings. The molecule has 62 valence electrons. The lowest BCUT2D eigenvalue weighted by atomic mass is 10.2. The Balaban J connectivity index is 2.68. The minimum atomic E-state index is 0.663. The fourth-order valence-corrected chi connectivity index (χ4v) is 1.10. The fourth-order valence-electron chi connectivity index (χ4n) is 1.10. The molecule has 0 spiro atoms. The second-order valence-corrected chi connectivity index (χ2v) is 3.15. The van der Waals surface area contributed by atoms with E-state index in [-0.39, 0.29) is 0 Å². The molecule has 0 amide bonds. The van der Waals surface area contributed by atoms with Crippen LogP contribution in [0.1, 0.15) is 26.6 Å². The van der Waals surface area contributed by atoms with Crippen LogP contribution in [0.3, 0.4) is 0 Å². The Kier molecular flexibility index (Phi) is 2.63. The number of rotatable bonds is 3. The zero-order valence-electron chi connectivity index (χ0n) is 7.41. The second-order valence-electron chi connectivity index (χ2n) is 3.15. The second kappa shape index (κ2) is 3.51. The standard InChI is InChI=1S/C8H15N3/c1-4-8-10-9-6-11(8)5-7(2)3/h6-7H,4-5H2,1-3H3. The van der Waals surface area contributed by atoms with Gasteiger partial charge in [-0.05, 0) is 5.92 Å². The molecule has 0 unspecified atom stereocenters. The predicted octanol–water partition coefficient (Wildman–Crippen LogP) is 1.50. The van der Waals surface area contributed by atoms with E-state index < -0.39 is 0 Å². The summed E-state index contributed by atoms with van der Waals surface area (Å²) >= 11 is 0. The minimum Gasteiger partial charge on any atom is -0.317 e. The van der Waals surface area contributed by atoms with Crippen LogP contribution in [-0.4, -0.2) is 14.8 Å². The molecule has 0 aliphatic heterocycles. The highest BCUT2D eigenvalue weighted by Crippen LogP contribution is 2.01. The topological polar surface area (TPSA) is 30.7 Å². The van der Waals surface area contributed by atoms with Crippen LogP contribution in [0.15, 0.2) is 6.33 Å². The minimum absolute atomic E-state index is 0.663. The van der Waals surface area contributed by atoms with E-state index in [1.807, 2.05) is 0 Å². The van der Waals surface area contributed by atoms with E-state index in [0.29, 0.717) is 5.92 Å². The van der Waals surface area contributed by atoms with Crippen LogP contribution in [0.5, 0.6) is 0 Å². The van der Waals surface area contributed by atoms with E-state index >= 15 is 0 Å². The Morgan fingerprint density at radius 1 is 1.55 bits per heavy atom. The van der Waals surface area contributed by atoms with Crippen LogP contribution in [-0.2, 0) is 13.0 Å². The zero-order valence-corrected chi connectivity index (χ0v) is 7.41. The Hall–Kier alpha value is -0.860. The molecule has 1 rings (SSSR count). The number of hydrogen-bond acceptors (Lipinski definition) is 2. The predicted molar refractivity (Wildman–Crippen MR) is 44.2 cm³/mol. The van der Waals surface area contributed by atoms with Crippen molar-refractivity contribution in [2.24, 2.45) is 5.92 Å². The molecule has 1 heterocycles. The highest BCUT2D eigenvalue weighted by molar-refractivity contribution is 4.84. The van der Waals surface area contributed by atoms with E-state index in [1.165, 1.54) is 0 Å². The first-order valence-electron chi connectivity index (χ1n) is 4.10. The zero-order chi connectivity index (χ0) is 8.27. The van der Waals surface area contributed by atoms with Crippen molar-refractivity contribution in [2.45, 2.75) is 33.7 Å². The summed E-state index contributed by atoms with van der Waals surface area (Å²) in [7, 11) is 0. The third-order valence-electron chi connectivity index (χ3n) is 1.57. The SMILES string of the molecule is CCc1nncn1CC(C)C. The molecule has 11 heavy (non-hydrogen) atoms. The van der Waals surface area contributed by atoms with Crippen molar-refractivity contribution >= 4 is 0 Å². The van der Waals surface area contributed by atoms with Crippen LogP contribution in [0.4, 0.5) is 0 Å². The van der Waals surface area contributed by atoms with Gasteiger partial charge >= 0.3 is 0 Å². The van der Waals surface area contributed by atoms with Gasteiger partial charge in [0.05, 0.1) is 0 Å². The molecule has 1 aromatic rings. The van der Waals surface area contributed by atoms with E-state index in [9.17, 15) is 0 Å². The molecule has 0 saturated carbocycles. The molecule has 1 aromatic heterocycles. The molecule has 0 fully saturated rings. The van der Waals surface area contributed by atoms with E-state index in [2.05, 4.69) is 35.5 Å². The Morgan fingerprint density at radius 2 is 2.27 bits per heavy atom. The molecule has 0 aromatic carbocycles. The van der Waals surface area contributed by atoms with Gasteiger partial charge in [0.15, 0.2) is 0 Å². The van der Waals surface area contributed by atoms with Crippen LogP contribution in [0.25, 0.3) is 0 Å². The van der Waals surface area contributed by atoms with Crippen molar-refractivity contribution in [3.63, 3.8) is 0 Å². The monoisotopic (exact) mass is 153 g/mol. The van der Waals surface area contributed by atoms with Crippen molar-refractivity contribution < 1.29 is 0 Å². The maximum Gasteiger partial charge on any atom is 0.132 e. The van der Waals surface area contributed by atoms with Crippen LogP contribution in [0, 0.1) is 5.92 Å². The maximum atomic E-state index is 4.00. The molecular weight excluding hydrogens is 138 g/mol. The van der Waals surface area contributed by atoms with Gasteiger partial charge in [-0.3, -0.25) is 0 Å². The Bertz CT molecular complexity index is 215. The largest absolute Gasteiger partial charge is 0.317 e. The van der Waals surface area contributed by atoms with E-state index in [1.54, 1.807) is 6.33 Å². The van der Waals surface area contributed by atoms with Gasteiger partial charge in [0.1, 0.15) is 12.2 Å². The highest BCUT2D eigenvalue weighted by Gasteiger charge is 2.02. The molecular formula is C8H15N3. The molecule has 0 radical (unpaired) electrons. The lowest BCUT2D eigenvalue weighted by Gasteiger charge is -2.06. The summed E-state index contributed by atoms with van der Waals surface area (Å²) in [6.45, 7) is 7.51. The van der Waals surface area contributed by atoms with Gasteiger partial charge in [-0.2, -0.15) is 0 Å². The van der Waals surface area contributed by atoms with Gasteiger partial charge in [-0.1, -0.05) is 20.8 Å².